The summed E-state index contributed by atoms with van der Waals surface area (Å²) in [7, 11) is 0. The van der Waals surface area contributed by atoms with Crippen molar-refractivity contribution in [3.05, 3.63) is 125 Å². The van der Waals surface area contributed by atoms with E-state index in [1.165, 1.54) is 37.1 Å². The molecule has 4 amide bonds. The van der Waals surface area contributed by atoms with E-state index < -0.39 is 64.0 Å². The first-order valence-electron chi connectivity index (χ1n) is 20.7. The minimum Gasteiger partial charge on any atom is -0.395 e. The summed E-state index contributed by atoms with van der Waals surface area (Å²) < 4.78 is 39.2. The van der Waals surface area contributed by atoms with Crippen molar-refractivity contribution in [3.63, 3.8) is 0 Å². The second kappa shape index (κ2) is 23.1. The van der Waals surface area contributed by atoms with Crippen LogP contribution in [0.2, 0.25) is 10.0 Å². The molecule has 1 aromatic carbocycles. The van der Waals surface area contributed by atoms with Gasteiger partial charge in [-0.3, -0.25) is 24.5 Å². The zero-order valence-electron chi connectivity index (χ0n) is 37.1. The largest absolute Gasteiger partial charge is 0.417 e. The number of aromatic nitrogens is 8. The van der Waals surface area contributed by atoms with Gasteiger partial charge in [0, 0.05) is 36.1 Å². The third-order valence-electron chi connectivity index (χ3n) is 9.63. The maximum atomic E-state index is 13.3. The maximum Gasteiger partial charge on any atom is 0.417 e. The van der Waals surface area contributed by atoms with Gasteiger partial charge in [0.1, 0.15) is 55.2 Å². The van der Waals surface area contributed by atoms with E-state index in [9.17, 15) is 37.5 Å². The van der Waals surface area contributed by atoms with Crippen molar-refractivity contribution >= 4 is 81.1 Å². The monoisotopic (exact) mass is 1030 g/mol. The number of hydrogen-bond acceptors (Lipinski definition) is 16. The van der Waals surface area contributed by atoms with Crippen LogP contribution in [0, 0.1) is 23.7 Å². The maximum absolute atomic E-state index is 13.3. The van der Waals surface area contributed by atoms with E-state index in [4.69, 9.17) is 28.3 Å². The summed E-state index contributed by atoms with van der Waals surface area (Å²) >= 11 is 14.3. The van der Waals surface area contributed by atoms with E-state index >= 15 is 0 Å². The molecule has 3 unspecified atom stereocenters. The first kappa shape index (κ1) is 52.4. The third-order valence-corrected chi connectivity index (χ3v) is 12.6. The molecule has 5 heterocycles. The molecule has 70 heavy (non-hydrogen) atoms. The molecular weight excluding hydrogens is 997 g/mol. The minimum atomic E-state index is -4.65. The van der Waals surface area contributed by atoms with Crippen molar-refractivity contribution in [1.82, 2.24) is 50.5 Å². The Hall–Kier alpha value is -6.99. The van der Waals surface area contributed by atoms with E-state index in [0.29, 0.717) is 21.4 Å². The molecular formula is C45H39Cl2F3N12O6S2. The van der Waals surface area contributed by atoms with Crippen molar-refractivity contribution < 1.29 is 42.6 Å². The average Bonchev–Trinajstić information content (AvgIpc) is 4.02. The predicted molar refractivity (Wildman–Crippen MR) is 253 cm³/mol. The highest BCUT2D eigenvalue weighted by atomic mass is 35.5. The number of thiazole rings is 2. The molecule has 18 nitrogen and oxygen atoms in total. The molecule has 362 valence electrons. The molecule has 0 aliphatic rings. The van der Waals surface area contributed by atoms with E-state index in [-0.39, 0.29) is 69.4 Å². The minimum absolute atomic E-state index is 0.00301. The number of rotatable bonds is 15. The Morgan fingerprint density at radius 2 is 1.29 bits per heavy atom. The number of amides is 4. The fraction of sp³-hybridized carbons (Fsp3) is 0.289. The average molecular weight is 1040 g/mol. The van der Waals surface area contributed by atoms with Gasteiger partial charge >= 0.3 is 6.18 Å². The summed E-state index contributed by atoms with van der Waals surface area (Å²) in [5, 5.41) is 31.0. The van der Waals surface area contributed by atoms with Gasteiger partial charge in [0.15, 0.2) is 0 Å². The number of carbonyl (C=O) groups excluding carboxylic acids is 4. The Morgan fingerprint density at radius 1 is 0.729 bits per heavy atom. The van der Waals surface area contributed by atoms with Crippen LogP contribution in [-0.2, 0) is 11.6 Å². The Balaban J connectivity index is 0.997. The van der Waals surface area contributed by atoms with E-state index in [1.54, 1.807) is 27.7 Å². The number of carbonyl (C=O) groups is 4. The summed E-state index contributed by atoms with van der Waals surface area (Å²) in [6.07, 6.45) is 1.09. The first-order chi connectivity index (χ1) is 33.2. The topological polar surface area (TPSA) is 260 Å². The molecule has 25 heteroatoms. The van der Waals surface area contributed by atoms with E-state index in [2.05, 4.69) is 84.8 Å². The second-order valence-electron chi connectivity index (χ2n) is 15.6. The fourth-order valence-electron chi connectivity index (χ4n) is 6.26. The van der Waals surface area contributed by atoms with Crippen molar-refractivity contribution in [1.29, 1.82) is 0 Å². The highest BCUT2D eigenvalue weighted by molar-refractivity contribution is 7.14. The number of halogens is 5. The quantitative estimate of drug-likeness (QED) is 0.0567. The number of aliphatic hydroxyl groups excluding tert-OH is 2. The Labute approximate surface area is 415 Å². The molecule has 5 aromatic heterocycles. The van der Waals surface area contributed by atoms with Gasteiger partial charge in [0.25, 0.3) is 23.6 Å². The van der Waals surface area contributed by atoms with Crippen molar-refractivity contribution in [2.45, 2.75) is 76.7 Å². The Morgan fingerprint density at radius 3 is 1.83 bits per heavy atom. The number of anilines is 2. The Kier molecular flexibility index (Phi) is 17.3. The first-order valence-corrected chi connectivity index (χ1v) is 23.1. The van der Waals surface area contributed by atoms with E-state index in [1.807, 2.05) is 0 Å². The normalized spacial score (nSPS) is 12.6. The second-order valence-corrected chi connectivity index (χ2v) is 18.5. The number of hydrogen-bond donors (Lipinski definition) is 6. The van der Waals surface area contributed by atoms with Crippen molar-refractivity contribution in [3.8, 4) is 23.7 Å². The number of nitrogens with one attached hydrogen (secondary N) is 4. The van der Waals surface area contributed by atoms with Gasteiger partial charge in [-0.1, -0.05) is 48.9 Å². The number of aliphatic hydroxyl groups is 2. The van der Waals surface area contributed by atoms with Crippen LogP contribution in [-0.4, -0.2) is 86.4 Å². The molecule has 6 rings (SSSR count). The zero-order chi connectivity index (χ0) is 50.8. The molecule has 6 aromatic rings. The van der Waals surface area contributed by atoms with Crippen LogP contribution < -0.4 is 21.3 Å². The van der Waals surface area contributed by atoms with Gasteiger partial charge in [-0.2, -0.15) is 13.2 Å². The summed E-state index contributed by atoms with van der Waals surface area (Å²) in [6, 6.07) is 4.34. The highest BCUT2D eigenvalue weighted by Crippen LogP contribution is 2.36. The summed E-state index contributed by atoms with van der Waals surface area (Å²) in [6.45, 7) is 6.84. The highest BCUT2D eigenvalue weighted by Gasteiger charge is 2.33. The summed E-state index contributed by atoms with van der Waals surface area (Å²) in [5.74, 6) is 8.83. The van der Waals surface area contributed by atoms with Gasteiger partial charge in [-0.25, -0.2) is 39.9 Å². The lowest BCUT2D eigenvalue weighted by Crippen LogP contribution is -2.27. The lowest BCUT2D eigenvalue weighted by atomic mass is 9.82. The van der Waals surface area contributed by atoms with Crippen molar-refractivity contribution in [2.75, 3.05) is 17.2 Å². The predicted octanol–water partition coefficient (Wildman–Crippen LogP) is 6.99. The lowest BCUT2D eigenvalue weighted by Gasteiger charge is -2.27. The van der Waals surface area contributed by atoms with Crippen LogP contribution in [0.3, 0.4) is 0 Å². The van der Waals surface area contributed by atoms with Gasteiger partial charge in [0.2, 0.25) is 5.95 Å². The molecule has 0 aliphatic carbocycles. The fourth-order valence-corrected chi connectivity index (χ4v) is 8.52. The van der Waals surface area contributed by atoms with Crippen LogP contribution in [0.4, 0.5) is 24.8 Å². The zero-order valence-corrected chi connectivity index (χ0v) is 40.3. The lowest BCUT2D eigenvalue weighted by molar-refractivity contribution is -0.137. The standard InChI is InChI=1S/C45H39Cl2F3N12O6S2/c1-23(41-51-19-34(69-41)39(67)60-27-11-12-29(30(46)14-27)45(48,49)50)58-38(66)33-16-26(55-22-57-33)9-7-10-28(64)17-44(3,4)36-31(47)18-53-43(61-36)62-40(68)35-20-52-42(70-35)24(2)59-37(65)32-15-25(54-21-56-32)8-5-6-13-63/h11-12,14-16,18-24,28,63-64H,6,10,13,17H2,1-4H3,(H,58,66)(H,59,65)(H,60,67)(H,53,61,62,68). The molecule has 6 N–H and O–H groups in total. The number of alkyl halides is 3. The van der Waals surface area contributed by atoms with Crippen LogP contribution >= 0.6 is 45.9 Å². The van der Waals surface area contributed by atoms with Crippen LogP contribution in [0.25, 0.3) is 0 Å². The molecule has 3 atom stereocenters. The SMILES string of the molecule is CC(NC(=O)c1cc(C#CCC(O)CC(C)(C)c2nc(NC(=O)c3cnc(C(C)NC(=O)c4cc(C#CCCO)ncn4)s3)ncc2Cl)ncn1)c1ncc(C(=O)Nc2ccc(C(F)(F)F)c(Cl)c2)s1. The van der Waals surface area contributed by atoms with Crippen LogP contribution in [0.5, 0.6) is 0 Å². The molecule has 0 fully saturated rings. The Bertz CT molecular complexity index is 3060. The van der Waals surface area contributed by atoms with Crippen molar-refractivity contribution in [2.24, 2.45) is 0 Å². The smallest absolute Gasteiger partial charge is 0.395 e. The van der Waals surface area contributed by atoms with Gasteiger partial charge in [0.05, 0.1) is 64.7 Å². The molecule has 0 saturated heterocycles. The third kappa shape index (κ3) is 14.1. The van der Waals surface area contributed by atoms with Crippen LogP contribution in [0.15, 0.2) is 61.6 Å². The van der Waals surface area contributed by atoms with E-state index in [0.717, 1.165) is 47.2 Å². The molecule has 0 radical (unpaired) electrons. The number of benzene rings is 1. The van der Waals surface area contributed by atoms with Gasteiger partial charge < -0.3 is 26.2 Å². The summed E-state index contributed by atoms with van der Waals surface area (Å²) in [5.41, 5.74) is -0.915. The number of nitrogens with zero attached hydrogens (tertiary/aromatic N) is 8. The van der Waals surface area contributed by atoms with Crippen LogP contribution in [0.1, 0.15) is 132 Å². The molecule has 0 saturated carbocycles. The molecule has 0 spiro atoms. The van der Waals surface area contributed by atoms with Gasteiger partial charge in [-0.15, -0.1) is 22.7 Å². The molecule has 0 aliphatic heterocycles. The van der Waals surface area contributed by atoms with Gasteiger partial charge in [-0.05, 0) is 50.3 Å². The molecule has 0 bridgehead atoms. The summed E-state index contributed by atoms with van der Waals surface area (Å²) in [4.78, 5) is 85.7.